The van der Waals surface area contributed by atoms with E-state index in [0.29, 0.717) is 22.3 Å². The number of hydrogen-bond donors (Lipinski definition) is 2. The predicted octanol–water partition coefficient (Wildman–Crippen LogP) is 3.42. The van der Waals surface area contributed by atoms with Crippen LogP contribution in [0.5, 0.6) is 0 Å². The molecule has 4 nitrogen and oxygen atoms in total. The number of piperidine rings is 1. The van der Waals surface area contributed by atoms with Crippen LogP contribution in [0.15, 0.2) is 18.2 Å². The number of nitrogens with zero attached hydrogens (tertiary/aromatic N) is 1. The van der Waals surface area contributed by atoms with Crippen LogP contribution in [0.25, 0.3) is 0 Å². The molecule has 0 aliphatic carbocycles. The third kappa shape index (κ3) is 4.35. The van der Waals surface area contributed by atoms with Crippen LogP contribution in [-0.4, -0.2) is 42.2 Å². The van der Waals surface area contributed by atoms with Crippen molar-refractivity contribution < 1.29 is 9.90 Å². The number of likely N-dealkylation sites (tertiary alicyclic amines) is 1. The Morgan fingerprint density at radius 3 is 2.64 bits per heavy atom. The van der Waals surface area contributed by atoms with E-state index in [1.807, 2.05) is 0 Å². The lowest BCUT2D eigenvalue weighted by Gasteiger charge is -2.39. The Bertz CT molecular complexity index is 523. The van der Waals surface area contributed by atoms with E-state index in [4.69, 9.17) is 23.2 Å². The van der Waals surface area contributed by atoms with Crippen LogP contribution in [0.4, 0.5) is 5.69 Å². The topological polar surface area (TPSA) is 52.6 Å². The molecule has 0 radical (unpaired) electrons. The summed E-state index contributed by atoms with van der Waals surface area (Å²) in [5.74, 6) is -0.0998. The number of anilines is 1. The van der Waals surface area contributed by atoms with Crippen LogP contribution in [0, 0.1) is 5.41 Å². The molecule has 1 aromatic carbocycles. The van der Waals surface area contributed by atoms with Gasteiger partial charge in [0.25, 0.3) is 0 Å². The zero-order valence-corrected chi connectivity index (χ0v) is 14.3. The second-order valence-electron chi connectivity index (χ2n) is 5.96. The first kappa shape index (κ1) is 17.5. The summed E-state index contributed by atoms with van der Waals surface area (Å²) in [6.07, 6.45) is 2.82. The Balaban J connectivity index is 1.87. The summed E-state index contributed by atoms with van der Waals surface area (Å²) in [5.41, 5.74) is 0.568. The van der Waals surface area contributed by atoms with Crippen molar-refractivity contribution in [2.75, 3.05) is 31.6 Å². The number of halogens is 2. The van der Waals surface area contributed by atoms with Crippen LogP contribution in [0.3, 0.4) is 0 Å². The molecule has 6 heteroatoms. The Hall–Kier alpha value is -0.810. The van der Waals surface area contributed by atoms with Crippen molar-refractivity contribution in [3.05, 3.63) is 28.2 Å². The Labute approximate surface area is 141 Å². The smallest absolute Gasteiger partial charge is 0.238 e. The number of benzene rings is 1. The summed E-state index contributed by atoms with van der Waals surface area (Å²) in [7, 11) is 0. The lowest BCUT2D eigenvalue weighted by atomic mass is 9.77. The standard InChI is InChI=1S/C16H22Cl2N2O2/c1-2-16(11-21)5-7-20(8-6-16)10-15(22)19-14-9-12(17)3-4-13(14)18/h3-4,9,21H,2,5-8,10-11H2,1H3,(H,19,22). The van der Waals surface area contributed by atoms with Gasteiger partial charge in [0, 0.05) is 11.6 Å². The first-order valence-corrected chi connectivity index (χ1v) is 8.32. The maximum atomic E-state index is 12.1. The second kappa shape index (κ2) is 7.64. The van der Waals surface area contributed by atoms with E-state index in [2.05, 4.69) is 17.1 Å². The summed E-state index contributed by atoms with van der Waals surface area (Å²) in [5, 5.41) is 13.3. The molecule has 22 heavy (non-hydrogen) atoms. The van der Waals surface area contributed by atoms with Crippen LogP contribution in [0.1, 0.15) is 26.2 Å². The molecule has 0 unspecified atom stereocenters. The summed E-state index contributed by atoms with van der Waals surface area (Å²) in [6.45, 7) is 4.31. The number of hydrogen-bond acceptors (Lipinski definition) is 3. The lowest BCUT2D eigenvalue weighted by molar-refractivity contribution is -0.118. The van der Waals surface area contributed by atoms with Gasteiger partial charge in [-0.15, -0.1) is 0 Å². The molecule has 1 amide bonds. The van der Waals surface area contributed by atoms with E-state index >= 15 is 0 Å². The van der Waals surface area contributed by atoms with Crippen molar-refractivity contribution >= 4 is 34.8 Å². The fourth-order valence-electron chi connectivity index (χ4n) is 2.80. The number of carbonyl (C=O) groups excluding carboxylic acids is 1. The van der Waals surface area contributed by atoms with Crippen molar-refractivity contribution in [3.8, 4) is 0 Å². The molecule has 2 N–H and O–H groups in total. The van der Waals surface area contributed by atoms with E-state index in [9.17, 15) is 9.90 Å². The zero-order valence-electron chi connectivity index (χ0n) is 12.7. The van der Waals surface area contributed by atoms with Crippen molar-refractivity contribution in [2.45, 2.75) is 26.2 Å². The van der Waals surface area contributed by atoms with Gasteiger partial charge >= 0.3 is 0 Å². The minimum absolute atomic E-state index is 0.0310. The average molecular weight is 345 g/mol. The van der Waals surface area contributed by atoms with Gasteiger partial charge in [-0.05, 0) is 56.0 Å². The van der Waals surface area contributed by atoms with Gasteiger partial charge in [-0.1, -0.05) is 30.1 Å². The summed E-state index contributed by atoms with van der Waals surface area (Å²) in [6, 6.07) is 4.99. The molecule has 0 aromatic heterocycles. The van der Waals surface area contributed by atoms with Gasteiger partial charge in [0.15, 0.2) is 0 Å². The molecular weight excluding hydrogens is 323 g/mol. The first-order valence-electron chi connectivity index (χ1n) is 7.56. The SMILES string of the molecule is CCC1(CO)CCN(CC(=O)Nc2cc(Cl)ccc2Cl)CC1. The zero-order chi connectivity index (χ0) is 16.2. The van der Waals surface area contributed by atoms with Gasteiger partial charge < -0.3 is 10.4 Å². The van der Waals surface area contributed by atoms with E-state index in [-0.39, 0.29) is 17.9 Å². The summed E-state index contributed by atoms with van der Waals surface area (Å²) >= 11 is 12.0. The van der Waals surface area contributed by atoms with Crippen LogP contribution in [0.2, 0.25) is 10.0 Å². The second-order valence-corrected chi connectivity index (χ2v) is 6.80. The number of nitrogens with one attached hydrogen (secondary N) is 1. The minimum atomic E-state index is -0.0998. The monoisotopic (exact) mass is 344 g/mol. The summed E-state index contributed by atoms with van der Waals surface area (Å²) in [4.78, 5) is 14.2. The average Bonchev–Trinajstić information content (AvgIpc) is 2.52. The van der Waals surface area contributed by atoms with Gasteiger partial charge in [-0.2, -0.15) is 0 Å². The van der Waals surface area contributed by atoms with Gasteiger partial charge in [0.05, 0.1) is 17.3 Å². The van der Waals surface area contributed by atoms with E-state index in [0.717, 1.165) is 32.4 Å². The maximum absolute atomic E-state index is 12.1. The number of rotatable bonds is 5. The number of aliphatic hydroxyl groups is 1. The van der Waals surface area contributed by atoms with Gasteiger partial charge in [-0.3, -0.25) is 9.69 Å². The minimum Gasteiger partial charge on any atom is -0.396 e. The molecule has 1 fully saturated rings. The van der Waals surface area contributed by atoms with Crippen LogP contribution >= 0.6 is 23.2 Å². The molecule has 0 bridgehead atoms. The van der Waals surface area contributed by atoms with Crippen LogP contribution in [-0.2, 0) is 4.79 Å². The highest BCUT2D eigenvalue weighted by atomic mass is 35.5. The Kier molecular flexibility index (Phi) is 6.09. The molecule has 2 rings (SSSR count). The number of carbonyl (C=O) groups is 1. The fourth-order valence-corrected chi connectivity index (χ4v) is 3.13. The molecule has 1 aliphatic heterocycles. The normalized spacial score (nSPS) is 18.2. The first-order chi connectivity index (χ1) is 10.5. The Morgan fingerprint density at radius 1 is 1.36 bits per heavy atom. The molecule has 0 spiro atoms. The third-order valence-corrected chi connectivity index (χ3v) is 5.14. The van der Waals surface area contributed by atoms with E-state index in [1.165, 1.54) is 0 Å². The Morgan fingerprint density at radius 2 is 2.05 bits per heavy atom. The van der Waals surface area contributed by atoms with Crippen molar-refractivity contribution in [2.24, 2.45) is 5.41 Å². The third-order valence-electron chi connectivity index (χ3n) is 4.57. The van der Waals surface area contributed by atoms with E-state index < -0.39 is 0 Å². The quantitative estimate of drug-likeness (QED) is 0.860. The molecule has 1 heterocycles. The molecule has 122 valence electrons. The molecule has 1 saturated heterocycles. The predicted molar refractivity (Wildman–Crippen MR) is 90.6 cm³/mol. The van der Waals surface area contributed by atoms with Gasteiger partial charge in [0.1, 0.15) is 0 Å². The maximum Gasteiger partial charge on any atom is 0.238 e. The van der Waals surface area contributed by atoms with Crippen molar-refractivity contribution in [3.63, 3.8) is 0 Å². The highest BCUT2D eigenvalue weighted by Gasteiger charge is 2.32. The molecule has 1 aromatic rings. The highest BCUT2D eigenvalue weighted by molar-refractivity contribution is 6.35. The lowest BCUT2D eigenvalue weighted by Crippen LogP contribution is -2.44. The molecular formula is C16H22Cl2N2O2. The van der Waals surface area contributed by atoms with Gasteiger partial charge in [0.2, 0.25) is 5.91 Å². The van der Waals surface area contributed by atoms with Gasteiger partial charge in [-0.25, -0.2) is 0 Å². The van der Waals surface area contributed by atoms with Crippen molar-refractivity contribution in [1.82, 2.24) is 4.90 Å². The molecule has 0 saturated carbocycles. The molecule has 1 aliphatic rings. The summed E-state index contributed by atoms with van der Waals surface area (Å²) < 4.78 is 0. The number of amides is 1. The highest BCUT2D eigenvalue weighted by Crippen LogP contribution is 2.34. The fraction of sp³-hybridized carbons (Fsp3) is 0.562. The largest absolute Gasteiger partial charge is 0.396 e. The van der Waals surface area contributed by atoms with Crippen LogP contribution < -0.4 is 5.32 Å². The number of aliphatic hydroxyl groups excluding tert-OH is 1. The molecule has 0 atom stereocenters. The van der Waals surface area contributed by atoms with Crippen molar-refractivity contribution in [1.29, 1.82) is 0 Å². The van der Waals surface area contributed by atoms with E-state index in [1.54, 1.807) is 18.2 Å².